The molecule has 0 saturated heterocycles. The Hall–Kier alpha value is -2.74. The molecule has 7 heteroatoms. The van der Waals surface area contributed by atoms with Gasteiger partial charge in [-0.05, 0) is 47.9 Å². The number of aliphatic hydroxyl groups is 2. The van der Waals surface area contributed by atoms with Crippen LogP contribution in [0.5, 0.6) is 0 Å². The van der Waals surface area contributed by atoms with Crippen molar-refractivity contribution in [2.75, 3.05) is 7.11 Å². The zero-order chi connectivity index (χ0) is 24.8. The van der Waals surface area contributed by atoms with Gasteiger partial charge >= 0.3 is 5.97 Å². The van der Waals surface area contributed by atoms with Crippen LogP contribution in [-0.4, -0.2) is 40.1 Å². The topological polar surface area (TPSA) is 71.7 Å². The second-order valence-corrected chi connectivity index (χ2v) is 9.37. The largest absolute Gasteiger partial charge is 0.469 e. The molecular weight excluding hydrogens is 501 g/mol. The summed E-state index contributed by atoms with van der Waals surface area (Å²) in [5, 5.41) is 20.6. The molecule has 0 bridgehead atoms. The summed E-state index contributed by atoms with van der Waals surface area (Å²) in [6.45, 7) is 4.16. The van der Waals surface area contributed by atoms with Gasteiger partial charge in [-0.1, -0.05) is 54.0 Å². The molecule has 0 amide bonds. The summed E-state index contributed by atoms with van der Waals surface area (Å²) >= 11 is 3.54. The van der Waals surface area contributed by atoms with Crippen molar-refractivity contribution in [3.05, 3.63) is 76.7 Å². The third kappa shape index (κ3) is 6.44. The molecule has 2 atom stereocenters. The van der Waals surface area contributed by atoms with Crippen LogP contribution in [0.1, 0.15) is 38.3 Å². The summed E-state index contributed by atoms with van der Waals surface area (Å²) < 4.78 is 21.1. The van der Waals surface area contributed by atoms with E-state index in [2.05, 4.69) is 40.6 Å². The first-order chi connectivity index (χ1) is 16.2. The van der Waals surface area contributed by atoms with Gasteiger partial charge in [0.15, 0.2) is 0 Å². The first kappa shape index (κ1) is 25.9. The Morgan fingerprint density at radius 1 is 1.12 bits per heavy atom. The first-order valence-electron chi connectivity index (χ1n) is 11.1. The third-order valence-corrected chi connectivity index (χ3v) is 6.01. The molecule has 1 heterocycles. The van der Waals surface area contributed by atoms with Gasteiger partial charge in [0.2, 0.25) is 0 Å². The van der Waals surface area contributed by atoms with E-state index in [1.807, 2.05) is 28.8 Å². The van der Waals surface area contributed by atoms with Crippen molar-refractivity contribution >= 4 is 28.1 Å². The molecule has 0 aliphatic rings. The fourth-order valence-corrected chi connectivity index (χ4v) is 4.23. The van der Waals surface area contributed by atoms with Crippen LogP contribution >= 0.6 is 15.9 Å². The number of carbonyl (C=O) groups excluding carboxylic acids is 1. The maximum Gasteiger partial charge on any atom is 0.308 e. The number of esters is 1. The van der Waals surface area contributed by atoms with Crippen LogP contribution in [0.25, 0.3) is 28.6 Å². The summed E-state index contributed by atoms with van der Waals surface area (Å²) in [7, 11) is 1.26. The average molecular weight is 530 g/mol. The van der Waals surface area contributed by atoms with E-state index in [0.717, 1.165) is 32.6 Å². The minimum absolute atomic E-state index is 0.000911. The molecule has 2 N–H and O–H groups in total. The minimum Gasteiger partial charge on any atom is -0.469 e. The van der Waals surface area contributed by atoms with Crippen molar-refractivity contribution in [2.45, 2.75) is 44.8 Å². The summed E-state index contributed by atoms with van der Waals surface area (Å²) in [6.07, 6.45) is 1.23. The number of methoxy groups -OCH3 is 1. The lowest BCUT2D eigenvalue weighted by Crippen LogP contribution is -2.20. The summed E-state index contributed by atoms with van der Waals surface area (Å²) in [5.41, 5.74) is 4.67. The monoisotopic (exact) mass is 529 g/mol. The molecule has 2 aromatic carbocycles. The molecule has 5 nitrogen and oxygen atoms in total. The highest BCUT2D eigenvalue weighted by molar-refractivity contribution is 9.10. The lowest BCUT2D eigenvalue weighted by molar-refractivity contribution is -0.143. The standard InChI is InChI=1S/C27H29BrFNO4/c1-17(2)25-16-24(18-7-9-21(29)10-8-18)27(19-5-4-6-20(28)13-19)30(25)12-11-22(31)14-23(32)15-26(33)34-3/h4-13,16-17,22-23,31-32H,14-15H2,1-3H3/b12-11+. The predicted molar refractivity (Wildman–Crippen MR) is 136 cm³/mol. The predicted octanol–water partition coefficient (Wildman–Crippen LogP) is 5.99. The average Bonchev–Trinajstić information content (AvgIpc) is 3.17. The fourth-order valence-electron chi connectivity index (χ4n) is 3.83. The third-order valence-electron chi connectivity index (χ3n) is 5.51. The highest BCUT2D eigenvalue weighted by Crippen LogP contribution is 2.38. The van der Waals surface area contributed by atoms with Gasteiger partial charge in [-0.2, -0.15) is 0 Å². The maximum absolute atomic E-state index is 13.6. The molecule has 34 heavy (non-hydrogen) atoms. The molecule has 3 aromatic rings. The van der Waals surface area contributed by atoms with E-state index in [9.17, 15) is 19.4 Å². The van der Waals surface area contributed by atoms with Crippen LogP contribution in [0.4, 0.5) is 4.39 Å². The molecule has 0 radical (unpaired) electrons. The van der Waals surface area contributed by atoms with E-state index < -0.39 is 18.2 Å². The molecule has 0 fully saturated rings. The van der Waals surface area contributed by atoms with Gasteiger partial charge in [-0.25, -0.2) is 4.39 Å². The van der Waals surface area contributed by atoms with Crippen molar-refractivity contribution in [3.8, 4) is 22.4 Å². The van der Waals surface area contributed by atoms with E-state index in [4.69, 9.17) is 0 Å². The maximum atomic E-state index is 13.6. The number of benzene rings is 2. The number of nitrogens with zero attached hydrogens (tertiary/aromatic N) is 1. The Morgan fingerprint density at radius 2 is 1.82 bits per heavy atom. The molecule has 0 aliphatic carbocycles. The number of hydrogen-bond acceptors (Lipinski definition) is 4. The van der Waals surface area contributed by atoms with Crippen molar-refractivity contribution in [1.82, 2.24) is 4.57 Å². The lowest BCUT2D eigenvalue weighted by atomic mass is 10.0. The van der Waals surface area contributed by atoms with E-state index in [-0.39, 0.29) is 24.6 Å². The Balaban J connectivity index is 2.07. The number of ether oxygens (including phenoxy) is 1. The molecule has 0 spiro atoms. The van der Waals surface area contributed by atoms with Crippen LogP contribution in [0.15, 0.2) is 65.1 Å². The number of aliphatic hydroxyl groups excluding tert-OH is 2. The van der Waals surface area contributed by atoms with Gasteiger partial charge < -0.3 is 19.5 Å². The zero-order valence-corrected chi connectivity index (χ0v) is 21.0. The number of halogens is 2. The minimum atomic E-state index is -1.01. The van der Waals surface area contributed by atoms with E-state index in [1.54, 1.807) is 24.4 Å². The molecular formula is C27H29BrFNO4. The fraction of sp³-hybridized carbons (Fsp3) is 0.296. The number of hydrogen-bond donors (Lipinski definition) is 2. The molecule has 2 unspecified atom stereocenters. The zero-order valence-electron chi connectivity index (χ0n) is 19.4. The summed E-state index contributed by atoms with van der Waals surface area (Å²) in [6, 6.07) is 16.4. The van der Waals surface area contributed by atoms with E-state index in [1.165, 1.54) is 19.2 Å². The quantitative estimate of drug-likeness (QED) is 0.334. The molecule has 180 valence electrons. The Labute approximate surface area is 207 Å². The van der Waals surface area contributed by atoms with Crippen molar-refractivity contribution in [2.24, 2.45) is 0 Å². The highest BCUT2D eigenvalue weighted by atomic mass is 79.9. The second kappa shape index (κ2) is 11.6. The van der Waals surface area contributed by atoms with Crippen LogP contribution in [0.2, 0.25) is 0 Å². The van der Waals surface area contributed by atoms with Gasteiger partial charge in [0.25, 0.3) is 0 Å². The van der Waals surface area contributed by atoms with Crippen molar-refractivity contribution in [3.63, 3.8) is 0 Å². The summed E-state index contributed by atoms with van der Waals surface area (Å²) in [4.78, 5) is 11.4. The Kier molecular flexibility index (Phi) is 8.83. The van der Waals surface area contributed by atoms with Crippen LogP contribution in [-0.2, 0) is 9.53 Å². The number of aromatic nitrogens is 1. The second-order valence-electron chi connectivity index (χ2n) is 8.45. The Bertz CT molecular complexity index is 1150. The van der Waals surface area contributed by atoms with Crippen molar-refractivity contribution < 1.29 is 24.1 Å². The van der Waals surface area contributed by atoms with E-state index >= 15 is 0 Å². The van der Waals surface area contributed by atoms with Gasteiger partial charge in [0, 0.05) is 33.9 Å². The normalized spacial score (nSPS) is 13.4. The van der Waals surface area contributed by atoms with Crippen molar-refractivity contribution in [1.29, 1.82) is 0 Å². The van der Waals surface area contributed by atoms with Gasteiger partial charge in [0.1, 0.15) is 5.82 Å². The van der Waals surface area contributed by atoms with Gasteiger partial charge in [0.05, 0.1) is 31.4 Å². The lowest BCUT2D eigenvalue weighted by Gasteiger charge is -2.15. The van der Waals surface area contributed by atoms with E-state index in [0.29, 0.717) is 0 Å². The van der Waals surface area contributed by atoms with Gasteiger partial charge in [-0.15, -0.1) is 0 Å². The molecule has 1 aromatic heterocycles. The Morgan fingerprint density at radius 3 is 2.44 bits per heavy atom. The van der Waals surface area contributed by atoms with Crippen LogP contribution in [0, 0.1) is 5.82 Å². The molecule has 0 aliphatic heterocycles. The summed E-state index contributed by atoms with van der Waals surface area (Å²) in [5.74, 6) is -0.673. The molecule has 3 rings (SSSR count). The molecule has 0 saturated carbocycles. The number of rotatable bonds is 9. The highest BCUT2D eigenvalue weighted by Gasteiger charge is 2.20. The van der Waals surface area contributed by atoms with Gasteiger partial charge in [-0.3, -0.25) is 4.79 Å². The van der Waals surface area contributed by atoms with Crippen LogP contribution in [0.3, 0.4) is 0 Å². The SMILES string of the molecule is COC(=O)CC(O)CC(O)/C=C/n1c(C(C)C)cc(-c2ccc(F)cc2)c1-c1cccc(Br)c1. The smallest absolute Gasteiger partial charge is 0.308 e. The van der Waals surface area contributed by atoms with Crippen LogP contribution < -0.4 is 0 Å². The number of carbonyl (C=O) groups is 1. The first-order valence-corrected chi connectivity index (χ1v) is 11.9.